The van der Waals surface area contributed by atoms with Crippen LogP contribution in [0.15, 0.2) is 9.52 Å². The molecule has 2 heterocycles. The molecule has 0 spiro atoms. The van der Waals surface area contributed by atoms with Gasteiger partial charge in [0.1, 0.15) is 0 Å². The molecule has 1 aromatic heterocycles. The molecule has 1 aliphatic rings. The first-order chi connectivity index (χ1) is 12.6. The van der Waals surface area contributed by atoms with Gasteiger partial charge in [-0.1, -0.05) is 19.0 Å². The van der Waals surface area contributed by atoms with Crippen LogP contribution in [0.3, 0.4) is 0 Å². The highest BCUT2D eigenvalue weighted by Gasteiger charge is 2.21. The predicted octanol–water partition coefficient (Wildman–Crippen LogP) is 1.22. The van der Waals surface area contributed by atoms with Gasteiger partial charge >= 0.3 is 0 Å². The van der Waals surface area contributed by atoms with E-state index in [-0.39, 0.29) is 0 Å². The molecule has 0 amide bonds. The summed E-state index contributed by atoms with van der Waals surface area (Å²) >= 11 is 0. The summed E-state index contributed by atoms with van der Waals surface area (Å²) in [5, 5.41) is 10.5. The van der Waals surface area contributed by atoms with Crippen molar-refractivity contribution in [2.24, 2.45) is 10.9 Å². The molecule has 1 aromatic rings. The number of rotatable bonds is 9. The average molecular weight is 367 g/mol. The average Bonchev–Trinajstić information content (AvgIpc) is 3.04. The fourth-order valence-electron chi connectivity index (χ4n) is 3.09. The van der Waals surface area contributed by atoms with Crippen LogP contribution < -0.4 is 10.6 Å². The van der Waals surface area contributed by atoms with Crippen LogP contribution in [-0.4, -0.2) is 73.0 Å². The second-order valence-corrected chi connectivity index (χ2v) is 7.06. The topological polar surface area (TPSA) is 87.8 Å². The van der Waals surface area contributed by atoms with E-state index in [1.165, 1.54) is 0 Å². The first-order valence-electron chi connectivity index (χ1n) is 9.71. The lowest BCUT2D eigenvalue weighted by molar-refractivity contribution is 0.0143. The molecule has 2 N–H and O–H groups in total. The zero-order chi connectivity index (χ0) is 18.8. The number of aryl methyl sites for hydroxylation is 1. The van der Waals surface area contributed by atoms with Gasteiger partial charge in [-0.05, 0) is 26.2 Å². The van der Waals surface area contributed by atoms with Crippen molar-refractivity contribution in [3.05, 3.63) is 11.7 Å². The largest absolute Gasteiger partial charge is 0.379 e. The standard InChI is InChI=1S/C18H34N6O2/c1-5-19-18(20-7-6-17-22-15(4)23-26-17)21-13-16(12-14(2)3)24-8-10-25-11-9-24/h14,16H,5-13H2,1-4H3,(H2,19,20,21). The summed E-state index contributed by atoms with van der Waals surface area (Å²) in [5.74, 6) is 2.81. The van der Waals surface area contributed by atoms with E-state index in [1.807, 2.05) is 6.92 Å². The third-order valence-corrected chi connectivity index (χ3v) is 4.31. The van der Waals surface area contributed by atoms with Crippen molar-refractivity contribution in [3.8, 4) is 0 Å². The monoisotopic (exact) mass is 366 g/mol. The van der Waals surface area contributed by atoms with E-state index in [9.17, 15) is 0 Å². The molecular formula is C18H34N6O2. The molecule has 8 heteroatoms. The van der Waals surface area contributed by atoms with Gasteiger partial charge in [0.05, 0.1) is 19.8 Å². The summed E-state index contributed by atoms with van der Waals surface area (Å²) in [6.07, 6.45) is 1.83. The molecule has 1 unspecified atom stereocenters. The number of hydrogen-bond acceptors (Lipinski definition) is 6. The fourth-order valence-corrected chi connectivity index (χ4v) is 3.09. The van der Waals surface area contributed by atoms with E-state index < -0.39 is 0 Å². The van der Waals surface area contributed by atoms with Crippen LogP contribution in [0.2, 0.25) is 0 Å². The SMILES string of the molecule is CCNC(=NCC(CC(C)C)N1CCOCC1)NCCc1nc(C)no1. The highest BCUT2D eigenvalue weighted by atomic mass is 16.5. The maximum atomic E-state index is 5.49. The molecule has 0 radical (unpaired) electrons. The zero-order valence-electron chi connectivity index (χ0n) is 16.6. The van der Waals surface area contributed by atoms with Crippen molar-refractivity contribution in [2.45, 2.75) is 46.6 Å². The van der Waals surface area contributed by atoms with Gasteiger partial charge < -0.3 is 19.9 Å². The van der Waals surface area contributed by atoms with Crippen molar-refractivity contribution in [1.29, 1.82) is 0 Å². The van der Waals surface area contributed by atoms with Gasteiger partial charge in [-0.25, -0.2) is 0 Å². The van der Waals surface area contributed by atoms with Crippen molar-refractivity contribution >= 4 is 5.96 Å². The Bertz CT molecular complexity index is 540. The third kappa shape index (κ3) is 7.29. The number of aromatic nitrogens is 2. The minimum absolute atomic E-state index is 0.452. The molecule has 148 valence electrons. The Hall–Kier alpha value is -1.67. The molecule has 1 aliphatic heterocycles. The van der Waals surface area contributed by atoms with Crippen LogP contribution in [-0.2, 0) is 11.2 Å². The summed E-state index contributed by atoms with van der Waals surface area (Å²) in [4.78, 5) is 11.6. The van der Waals surface area contributed by atoms with Gasteiger partial charge in [-0.2, -0.15) is 4.98 Å². The second-order valence-electron chi connectivity index (χ2n) is 7.06. The normalized spacial score (nSPS) is 17.5. The predicted molar refractivity (Wildman–Crippen MR) is 102 cm³/mol. The molecule has 1 saturated heterocycles. The summed E-state index contributed by atoms with van der Waals surface area (Å²) in [7, 11) is 0. The Morgan fingerprint density at radius 1 is 1.27 bits per heavy atom. The molecule has 0 saturated carbocycles. The van der Waals surface area contributed by atoms with Gasteiger partial charge in [0, 0.05) is 38.6 Å². The van der Waals surface area contributed by atoms with E-state index in [2.05, 4.69) is 46.4 Å². The smallest absolute Gasteiger partial charge is 0.228 e. The maximum Gasteiger partial charge on any atom is 0.228 e. The Balaban J connectivity index is 1.88. The van der Waals surface area contributed by atoms with Crippen LogP contribution in [0.4, 0.5) is 0 Å². The summed E-state index contributed by atoms with van der Waals surface area (Å²) in [5.41, 5.74) is 0. The first kappa shape index (κ1) is 20.6. The lowest BCUT2D eigenvalue weighted by Crippen LogP contribution is -2.46. The highest BCUT2D eigenvalue weighted by molar-refractivity contribution is 5.79. The Labute approximate surface area is 156 Å². The molecule has 8 nitrogen and oxygen atoms in total. The summed E-state index contributed by atoms with van der Waals surface area (Å²) in [6, 6.07) is 0.452. The van der Waals surface area contributed by atoms with Crippen LogP contribution >= 0.6 is 0 Å². The van der Waals surface area contributed by atoms with Crippen LogP contribution in [0, 0.1) is 12.8 Å². The van der Waals surface area contributed by atoms with Crippen molar-refractivity contribution in [1.82, 2.24) is 25.7 Å². The number of aliphatic imine (C=N–C) groups is 1. The van der Waals surface area contributed by atoms with Gasteiger partial charge in [-0.15, -0.1) is 0 Å². The van der Waals surface area contributed by atoms with Crippen molar-refractivity contribution < 1.29 is 9.26 Å². The fraction of sp³-hybridized carbons (Fsp3) is 0.833. The molecule has 1 atom stereocenters. The maximum absolute atomic E-state index is 5.49. The van der Waals surface area contributed by atoms with E-state index in [1.54, 1.807) is 0 Å². The summed E-state index contributed by atoms with van der Waals surface area (Å²) < 4.78 is 10.6. The number of morpholine rings is 1. The molecule has 0 aromatic carbocycles. The molecule has 1 fully saturated rings. The van der Waals surface area contributed by atoms with Crippen LogP contribution in [0.1, 0.15) is 38.9 Å². The number of guanidine groups is 1. The lowest BCUT2D eigenvalue weighted by atomic mass is 10.0. The number of nitrogens with zero attached hydrogens (tertiary/aromatic N) is 4. The second kappa shape index (κ2) is 11.1. The van der Waals surface area contributed by atoms with Crippen LogP contribution in [0.5, 0.6) is 0 Å². The quantitative estimate of drug-likeness (QED) is 0.502. The van der Waals surface area contributed by atoms with Gasteiger partial charge in [0.25, 0.3) is 0 Å². The lowest BCUT2D eigenvalue weighted by Gasteiger charge is -2.34. The van der Waals surface area contributed by atoms with Crippen molar-refractivity contribution in [3.63, 3.8) is 0 Å². The summed E-state index contributed by atoms with van der Waals surface area (Å²) in [6.45, 7) is 14.4. The first-order valence-corrected chi connectivity index (χ1v) is 9.71. The molecule has 26 heavy (non-hydrogen) atoms. The molecular weight excluding hydrogens is 332 g/mol. The minimum Gasteiger partial charge on any atom is -0.379 e. The van der Waals surface area contributed by atoms with Gasteiger partial charge in [0.15, 0.2) is 11.8 Å². The molecule has 0 aliphatic carbocycles. The number of hydrogen-bond donors (Lipinski definition) is 2. The van der Waals surface area contributed by atoms with E-state index >= 15 is 0 Å². The van der Waals surface area contributed by atoms with E-state index in [4.69, 9.17) is 14.3 Å². The van der Waals surface area contributed by atoms with Gasteiger partial charge in [-0.3, -0.25) is 9.89 Å². The zero-order valence-corrected chi connectivity index (χ0v) is 16.6. The minimum atomic E-state index is 0.452. The Morgan fingerprint density at radius 2 is 2.04 bits per heavy atom. The van der Waals surface area contributed by atoms with Crippen LogP contribution in [0.25, 0.3) is 0 Å². The number of ether oxygens (including phenoxy) is 1. The Kier molecular flexibility index (Phi) is 8.84. The van der Waals surface area contributed by atoms with Gasteiger partial charge in [0.2, 0.25) is 5.89 Å². The Morgan fingerprint density at radius 3 is 2.65 bits per heavy atom. The highest BCUT2D eigenvalue weighted by Crippen LogP contribution is 2.14. The number of nitrogens with one attached hydrogen (secondary N) is 2. The van der Waals surface area contributed by atoms with Crippen molar-refractivity contribution in [2.75, 3.05) is 45.9 Å². The molecule has 2 rings (SSSR count). The van der Waals surface area contributed by atoms with E-state index in [0.717, 1.165) is 51.8 Å². The molecule has 0 bridgehead atoms. The third-order valence-electron chi connectivity index (χ3n) is 4.31. The van der Waals surface area contributed by atoms with E-state index in [0.29, 0.717) is 36.6 Å².